The van der Waals surface area contributed by atoms with Gasteiger partial charge in [-0.05, 0) is 43.4 Å². The zero-order chi connectivity index (χ0) is 16.6. The maximum atomic E-state index is 11.2. The Kier molecular flexibility index (Phi) is 3.84. The lowest BCUT2D eigenvalue weighted by Gasteiger charge is -2.43. The van der Waals surface area contributed by atoms with Crippen molar-refractivity contribution in [2.24, 2.45) is 0 Å². The molecule has 0 spiro atoms. The number of piperidine rings is 1. The Hall–Kier alpha value is -2.22. The zero-order valence-electron chi connectivity index (χ0n) is 13.6. The van der Waals surface area contributed by atoms with Gasteiger partial charge in [-0.3, -0.25) is 9.88 Å². The lowest BCUT2D eigenvalue weighted by Crippen LogP contribution is -2.49. The average molecular weight is 319 g/mol. The summed E-state index contributed by atoms with van der Waals surface area (Å²) in [6.45, 7) is 0.942. The fourth-order valence-corrected chi connectivity index (χ4v) is 4.33. The van der Waals surface area contributed by atoms with Crippen molar-refractivity contribution in [2.45, 2.75) is 49.9 Å². The largest absolute Gasteiger partial charge is 0.383 e. The van der Waals surface area contributed by atoms with Crippen LogP contribution >= 0.6 is 0 Å². The first-order chi connectivity index (χ1) is 11.7. The minimum absolute atomic E-state index is 0.376. The van der Waals surface area contributed by atoms with Crippen LogP contribution in [0.4, 0.5) is 0 Å². The minimum atomic E-state index is -0.911. The Bertz CT molecular complexity index is 754. The Balaban J connectivity index is 1.56. The first kappa shape index (κ1) is 15.3. The molecule has 1 N–H and O–H groups in total. The molecule has 4 heteroatoms. The number of nitriles is 1. The van der Waals surface area contributed by atoms with Crippen molar-refractivity contribution in [3.63, 3.8) is 0 Å². The van der Waals surface area contributed by atoms with E-state index in [4.69, 9.17) is 5.26 Å². The third kappa shape index (κ3) is 2.71. The second-order valence-electron chi connectivity index (χ2n) is 7.02. The van der Waals surface area contributed by atoms with Gasteiger partial charge in [-0.15, -0.1) is 0 Å². The molecule has 2 bridgehead atoms. The summed E-state index contributed by atoms with van der Waals surface area (Å²) >= 11 is 0. The molecule has 2 fully saturated rings. The van der Waals surface area contributed by atoms with E-state index in [1.807, 2.05) is 6.07 Å². The van der Waals surface area contributed by atoms with Crippen molar-refractivity contribution >= 4 is 0 Å². The van der Waals surface area contributed by atoms with Crippen LogP contribution in [0.3, 0.4) is 0 Å². The smallest absolute Gasteiger partial charge is 0.109 e. The van der Waals surface area contributed by atoms with E-state index in [-0.39, 0.29) is 0 Å². The number of benzene rings is 1. The Morgan fingerprint density at radius 2 is 1.88 bits per heavy atom. The monoisotopic (exact) mass is 319 g/mol. The molecule has 4 rings (SSSR count). The summed E-state index contributed by atoms with van der Waals surface area (Å²) in [5.74, 6) is 0. The van der Waals surface area contributed by atoms with E-state index in [2.05, 4.69) is 40.2 Å². The molecule has 0 radical (unpaired) electrons. The van der Waals surface area contributed by atoms with Crippen molar-refractivity contribution in [2.75, 3.05) is 0 Å². The summed E-state index contributed by atoms with van der Waals surface area (Å²) in [6, 6.07) is 16.9. The third-order valence-corrected chi connectivity index (χ3v) is 5.49. The van der Waals surface area contributed by atoms with Gasteiger partial charge >= 0.3 is 0 Å². The van der Waals surface area contributed by atoms with Crippen LogP contribution in [-0.2, 0) is 12.1 Å². The second-order valence-corrected chi connectivity index (χ2v) is 7.02. The quantitative estimate of drug-likeness (QED) is 0.945. The van der Waals surface area contributed by atoms with Crippen LogP contribution in [0.1, 0.15) is 42.5 Å². The highest BCUT2D eigenvalue weighted by Gasteiger charge is 2.48. The van der Waals surface area contributed by atoms with Crippen molar-refractivity contribution in [3.05, 3.63) is 65.5 Å². The highest BCUT2D eigenvalue weighted by molar-refractivity contribution is 5.32. The molecule has 24 heavy (non-hydrogen) atoms. The van der Waals surface area contributed by atoms with Gasteiger partial charge in [0.05, 0.1) is 17.3 Å². The highest BCUT2D eigenvalue weighted by atomic mass is 16.3. The molecule has 2 aliphatic rings. The second kappa shape index (κ2) is 6.01. The summed E-state index contributed by atoms with van der Waals surface area (Å²) in [7, 11) is 0. The molecular formula is C20H21N3O. The minimum Gasteiger partial charge on any atom is -0.383 e. The summed E-state index contributed by atoms with van der Waals surface area (Å²) in [5.41, 5.74) is 1.63. The Labute approximate surface area is 142 Å². The number of aliphatic hydroxyl groups is 1. The average Bonchev–Trinajstić information content (AvgIpc) is 2.86. The molecule has 3 heterocycles. The van der Waals surface area contributed by atoms with Crippen LogP contribution < -0.4 is 0 Å². The van der Waals surface area contributed by atoms with Gasteiger partial charge in [-0.25, -0.2) is 0 Å². The van der Waals surface area contributed by atoms with Crippen LogP contribution in [0, 0.1) is 11.3 Å². The third-order valence-electron chi connectivity index (χ3n) is 5.49. The molecule has 0 aliphatic carbocycles. The molecular weight excluding hydrogens is 298 g/mol. The number of hydrogen-bond acceptors (Lipinski definition) is 4. The Morgan fingerprint density at radius 3 is 2.54 bits per heavy atom. The van der Waals surface area contributed by atoms with Crippen molar-refractivity contribution in [3.8, 4) is 6.07 Å². The van der Waals surface area contributed by atoms with Crippen molar-refractivity contribution in [1.29, 1.82) is 5.26 Å². The van der Waals surface area contributed by atoms with Crippen molar-refractivity contribution < 1.29 is 5.11 Å². The summed E-state index contributed by atoms with van der Waals surface area (Å²) in [5, 5.41) is 20.3. The molecule has 1 aromatic heterocycles. The summed E-state index contributed by atoms with van der Waals surface area (Å²) in [4.78, 5) is 6.91. The molecule has 4 nitrogen and oxygen atoms in total. The summed E-state index contributed by atoms with van der Waals surface area (Å²) in [6.07, 6.45) is 5.26. The number of pyridine rings is 1. The van der Waals surface area contributed by atoms with Gasteiger partial charge in [0, 0.05) is 24.8 Å². The maximum absolute atomic E-state index is 11.2. The number of nitrogens with zero attached hydrogens (tertiary/aromatic N) is 3. The van der Waals surface area contributed by atoms with Gasteiger partial charge in [0.1, 0.15) is 5.60 Å². The molecule has 122 valence electrons. The molecule has 2 aromatic rings. The van der Waals surface area contributed by atoms with Gasteiger partial charge in [-0.1, -0.05) is 30.3 Å². The van der Waals surface area contributed by atoms with Gasteiger partial charge in [0.15, 0.2) is 0 Å². The number of rotatable bonds is 3. The predicted molar refractivity (Wildman–Crippen MR) is 90.9 cm³/mol. The molecule has 2 unspecified atom stereocenters. The fourth-order valence-electron chi connectivity index (χ4n) is 4.33. The van der Waals surface area contributed by atoms with Gasteiger partial charge < -0.3 is 5.11 Å². The first-order valence-corrected chi connectivity index (χ1v) is 8.57. The van der Waals surface area contributed by atoms with Gasteiger partial charge in [0.25, 0.3) is 0 Å². The topological polar surface area (TPSA) is 60.1 Å². The maximum Gasteiger partial charge on any atom is 0.109 e. The van der Waals surface area contributed by atoms with E-state index in [1.165, 1.54) is 5.56 Å². The van der Waals surface area contributed by atoms with Gasteiger partial charge in [0.2, 0.25) is 0 Å². The van der Waals surface area contributed by atoms with Crippen LogP contribution in [0.5, 0.6) is 0 Å². The number of aromatic nitrogens is 1. The van der Waals surface area contributed by atoms with Crippen LogP contribution in [0.15, 0.2) is 48.7 Å². The van der Waals surface area contributed by atoms with E-state index >= 15 is 0 Å². The fraction of sp³-hybridized carbons (Fsp3) is 0.400. The van der Waals surface area contributed by atoms with E-state index in [0.29, 0.717) is 36.2 Å². The zero-order valence-corrected chi connectivity index (χ0v) is 13.6. The SMILES string of the molecule is N#Cc1ccnc(C2(O)CC3CCC(C2)N3Cc2ccccc2)c1. The summed E-state index contributed by atoms with van der Waals surface area (Å²) < 4.78 is 0. The predicted octanol–water partition coefficient (Wildman–Crippen LogP) is 2.97. The lowest BCUT2D eigenvalue weighted by molar-refractivity contribution is -0.0623. The normalized spacial score (nSPS) is 29.3. The number of hydrogen-bond donors (Lipinski definition) is 1. The highest BCUT2D eigenvalue weighted by Crippen LogP contribution is 2.45. The molecule has 0 amide bonds. The van der Waals surface area contributed by atoms with Crippen LogP contribution in [0.2, 0.25) is 0 Å². The molecule has 0 saturated carbocycles. The van der Waals surface area contributed by atoms with Crippen molar-refractivity contribution in [1.82, 2.24) is 9.88 Å². The van der Waals surface area contributed by atoms with Crippen LogP contribution in [0.25, 0.3) is 0 Å². The molecule has 2 saturated heterocycles. The van der Waals surface area contributed by atoms with E-state index in [0.717, 1.165) is 19.4 Å². The standard InChI is InChI=1S/C20H21N3O/c21-13-16-8-9-22-19(10-16)20(24)11-17-6-7-18(12-20)23(17)14-15-4-2-1-3-5-15/h1-5,8-10,17-18,24H,6-7,11-12,14H2. The van der Waals surface area contributed by atoms with Crippen LogP contribution in [-0.4, -0.2) is 27.1 Å². The van der Waals surface area contributed by atoms with E-state index < -0.39 is 5.60 Å². The number of fused-ring (bicyclic) bond motifs is 2. The Morgan fingerprint density at radius 1 is 1.17 bits per heavy atom. The van der Waals surface area contributed by atoms with E-state index in [9.17, 15) is 5.11 Å². The molecule has 2 atom stereocenters. The molecule has 2 aliphatic heterocycles. The first-order valence-electron chi connectivity index (χ1n) is 8.57. The lowest BCUT2D eigenvalue weighted by atomic mass is 9.82. The van der Waals surface area contributed by atoms with E-state index in [1.54, 1.807) is 18.3 Å². The van der Waals surface area contributed by atoms with Gasteiger partial charge in [-0.2, -0.15) is 5.26 Å². The molecule has 1 aromatic carbocycles.